The van der Waals surface area contributed by atoms with Gasteiger partial charge in [0.2, 0.25) is 5.95 Å². The molecule has 18 heavy (non-hydrogen) atoms. The van der Waals surface area contributed by atoms with Crippen molar-refractivity contribution >= 4 is 23.7 Å². The average Bonchev–Trinajstić information content (AvgIpc) is 2.67. The number of thioether (sulfide) groups is 1. The van der Waals surface area contributed by atoms with Crippen LogP contribution in [-0.4, -0.2) is 45.2 Å². The fourth-order valence-corrected chi connectivity index (χ4v) is 2.20. The zero-order valence-corrected chi connectivity index (χ0v) is 12.1. The van der Waals surface area contributed by atoms with Crippen LogP contribution < -0.4 is 4.90 Å². The monoisotopic (exact) mass is 272 g/mol. The Morgan fingerprint density at radius 1 is 1.56 bits per heavy atom. The van der Waals surface area contributed by atoms with Gasteiger partial charge in [0.05, 0.1) is 5.75 Å². The van der Waals surface area contributed by atoms with Crippen LogP contribution in [0, 0.1) is 5.92 Å². The molecule has 1 N–H and O–H groups in total. The predicted octanol–water partition coefficient (Wildman–Crippen LogP) is 1.47. The summed E-state index contributed by atoms with van der Waals surface area (Å²) in [5.41, 5.74) is 0. The number of hydrogen-bond acceptors (Lipinski definition) is 5. The van der Waals surface area contributed by atoms with E-state index in [2.05, 4.69) is 24.0 Å². The Hall–Kier alpha value is -1.24. The second kappa shape index (κ2) is 6.63. The molecular formula is C11H20N4O2S. The molecule has 7 heteroatoms. The Labute approximate surface area is 111 Å². The van der Waals surface area contributed by atoms with Crippen molar-refractivity contribution in [1.82, 2.24) is 14.8 Å². The molecule has 0 spiro atoms. The molecule has 0 bridgehead atoms. The molecule has 0 saturated heterocycles. The lowest BCUT2D eigenvalue weighted by Crippen LogP contribution is -2.26. The van der Waals surface area contributed by atoms with Crippen LogP contribution in [0.25, 0.3) is 0 Å². The maximum absolute atomic E-state index is 10.5. The summed E-state index contributed by atoms with van der Waals surface area (Å²) in [6.45, 7) is 5.25. The van der Waals surface area contributed by atoms with Crippen LogP contribution in [0.4, 0.5) is 5.95 Å². The molecule has 0 radical (unpaired) electrons. The second-order valence-electron chi connectivity index (χ2n) is 4.42. The highest BCUT2D eigenvalue weighted by Gasteiger charge is 2.15. The zero-order valence-electron chi connectivity index (χ0n) is 11.3. The molecule has 0 aromatic carbocycles. The largest absolute Gasteiger partial charge is 0.481 e. The maximum Gasteiger partial charge on any atom is 0.313 e. The summed E-state index contributed by atoms with van der Waals surface area (Å²) in [7, 11) is 3.83. The first-order valence-corrected chi connectivity index (χ1v) is 6.89. The fourth-order valence-electron chi connectivity index (χ4n) is 1.57. The number of aliphatic carboxylic acids is 1. The maximum atomic E-state index is 10.5. The van der Waals surface area contributed by atoms with E-state index in [4.69, 9.17) is 5.11 Å². The average molecular weight is 272 g/mol. The van der Waals surface area contributed by atoms with Crippen molar-refractivity contribution in [1.29, 1.82) is 0 Å². The third kappa shape index (κ3) is 3.90. The van der Waals surface area contributed by atoms with Gasteiger partial charge in [0.15, 0.2) is 5.16 Å². The number of hydrogen-bond donors (Lipinski definition) is 1. The van der Waals surface area contributed by atoms with Crippen molar-refractivity contribution in [2.45, 2.75) is 25.4 Å². The first-order chi connectivity index (χ1) is 8.45. The van der Waals surface area contributed by atoms with Gasteiger partial charge in [0.1, 0.15) is 0 Å². The molecule has 1 unspecified atom stereocenters. The van der Waals surface area contributed by atoms with Crippen molar-refractivity contribution in [3.05, 3.63) is 0 Å². The molecule has 0 amide bonds. The van der Waals surface area contributed by atoms with Crippen LogP contribution in [0.15, 0.2) is 5.16 Å². The third-order valence-electron chi connectivity index (χ3n) is 2.76. The fraction of sp³-hybridized carbons (Fsp3) is 0.727. The van der Waals surface area contributed by atoms with Crippen LogP contribution in [0.1, 0.15) is 20.3 Å². The Kier molecular flexibility index (Phi) is 5.46. The Bertz CT molecular complexity index is 408. The molecule has 0 saturated carbocycles. The van der Waals surface area contributed by atoms with Crippen LogP contribution >= 0.6 is 11.8 Å². The van der Waals surface area contributed by atoms with E-state index in [0.29, 0.717) is 11.1 Å². The highest BCUT2D eigenvalue weighted by Crippen LogP contribution is 2.20. The number of carbonyl (C=O) groups is 1. The van der Waals surface area contributed by atoms with Gasteiger partial charge in [-0.1, -0.05) is 32.0 Å². The molecular weight excluding hydrogens is 252 g/mol. The molecule has 0 aliphatic heterocycles. The number of carboxylic acid groups (broad SMARTS) is 1. The number of nitrogens with zero attached hydrogens (tertiary/aromatic N) is 4. The molecule has 0 fully saturated rings. The normalized spacial score (nSPS) is 12.4. The summed E-state index contributed by atoms with van der Waals surface area (Å²) in [4.78, 5) is 12.6. The SMILES string of the molecule is CCC(C)CN(C)c1nnc(SCC(=O)O)n1C. The van der Waals surface area contributed by atoms with Gasteiger partial charge in [-0.3, -0.25) is 9.36 Å². The van der Waals surface area contributed by atoms with E-state index in [1.54, 1.807) is 0 Å². The van der Waals surface area contributed by atoms with Crippen molar-refractivity contribution in [2.75, 3.05) is 24.2 Å². The summed E-state index contributed by atoms with van der Waals surface area (Å²) < 4.78 is 1.83. The van der Waals surface area contributed by atoms with Gasteiger partial charge in [0, 0.05) is 20.6 Å². The summed E-state index contributed by atoms with van der Waals surface area (Å²) in [5, 5.41) is 17.4. The first kappa shape index (κ1) is 14.8. The van der Waals surface area contributed by atoms with Crippen molar-refractivity contribution in [2.24, 2.45) is 13.0 Å². The van der Waals surface area contributed by atoms with Crippen molar-refractivity contribution < 1.29 is 9.90 Å². The molecule has 1 atom stereocenters. The predicted molar refractivity (Wildman–Crippen MR) is 72.1 cm³/mol. The van der Waals surface area contributed by atoms with E-state index in [1.165, 1.54) is 11.8 Å². The molecule has 102 valence electrons. The second-order valence-corrected chi connectivity index (χ2v) is 5.36. The molecule has 0 aliphatic carbocycles. The van der Waals surface area contributed by atoms with Crippen LogP contribution in [0.5, 0.6) is 0 Å². The lowest BCUT2D eigenvalue weighted by atomic mass is 10.1. The van der Waals surface area contributed by atoms with Gasteiger partial charge in [-0.25, -0.2) is 0 Å². The van der Waals surface area contributed by atoms with E-state index < -0.39 is 5.97 Å². The minimum absolute atomic E-state index is 0.00104. The Morgan fingerprint density at radius 2 is 2.22 bits per heavy atom. The first-order valence-electron chi connectivity index (χ1n) is 5.90. The highest BCUT2D eigenvalue weighted by molar-refractivity contribution is 7.99. The standard InChI is InChI=1S/C11H20N4O2S/c1-5-8(2)6-14(3)10-12-13-11(15(10)4)18-7-9(16)17/h8H,5-7H2,1-4H3,(H,16,17). The minimum atomic E-state index is -0.850. The summed E-state index contributed by atoms with van der Waals surface area (Å²) >= 11 is 1.18. The zero-order chi connectivity index (χ0) is 13.7. The summed E-state index contributed by atoms with van der Waals surface area (Å²) in [5.74, 6) is 0.503. The van der Waals surface area contributed by atoms with Gasteiger partial charge in [-0.05, 0) is 5.92 Å². The van der Waals surface area contributed by atoms with Crippen LogP contribution in [0.2, 0.25) is 0 Å². The summed E-state index contributed by atoms with van der Waals surface area (Å²) in [6, 6.07) is 0. The Balaban J connectivity index is 2.70. The molecule has 1 heterocycles. The van der Waals surface area contributed by atoms with Gasteiger partial charge in [0.25, 0.3) is 0 Å². The van der Waals surface area contributed by atoms with Crippen LogP contribution in [0.3, 0.4) is 0 Å². The van der Waals surface area contributed by atoms with E-state index in [1.807, 2.05) is 23.6 Å². The smallest absolute Gasteiger partial charge is 0.313 e. The third-order valence-corrected chi connectivity index (χ3v) is 3.77. The van der Waals surface area contributed by atoms with Gasteiger partial charge in [-0.2, -0.15) is 0 Å². The van der Waals surface area contributed by atoms with Gasteiger partial charge < -0.3 is 10.0 Å². The van der Waals surface area contributed by atoms with Crippen LogP contribution in [-0.2, 0) is 11.8 Å². The molecule has 0 aliphatic rings. The highest BCUT2D eigenvalue weighted by atomic mass is 32.2. The molecule has 6 nitrogen and oxygen atoms in total. The minimum Gasteiger partial charge on any atom is -0.481 e. The Morgan fingerprint density at radius 3 is 2.78 bits per heavy atom. The molecule has 1 aromatic rings. The quantitative estimate of drug-likeness (QED) is 0.758. The van der Waals surface area contributed by atoms with E-state index >= 15 is 0 Å². The van der Waals surface area contributed by atoms with Gasteiger partial charge in [-0.15, -0.1) is 10.2 Å². The number of carboxylic acids is 1. The van der Waals surface area contributed by atoms with Crippen molar-refractivity contribution in [3.8, 4) is 0 Å². The van der Waals surface area contributed by atoms with E-state index in [9.17, 15) is 4.79 Å². The lowest BCUT2D eigenvalue weighted by Gasteiger charge is -2.21. The lowest BCUT2D eigenvalue weighted by molar-refractivity contribution is -0.133. The number of anilines is 1. The van der Waals surface area contributed by atoms with E-state index in [-0.39, 0.29) is 5.75 Å². The topological polar surface area (TPSA) is 71.2 Å². The van der Waals surface area contributed by atoms with Gasteiger partial charge >= 0.3 is 5.97 Å². The molecule has 1 rings (SSSR count). The number of aromatic nitrogens is 3. The van der Waals surface area contributed by atoms with Crippen molar-refractivity contribution in [3.63, 3.8) is 0 Å². The van der Waals surface area contributed by atoms with E-state index in [0.717, 1.165) is 18.9 Å². The number of rotatable bonds is 7. The summed E-state index contributed by atoms with van der Waals surface area (Å²) in [6.07, 6.45) is 1.11. The molecule has 1 aromatic heterocycles.